The Hall–Kier alpha value is -18.3. The minimum absolute atomic E-state index is 1.01. The first-order valence-corrected chi connectivity index (χ1v) is 53.4. The quantitative estimate of drug-likeness (QED) is 0.128. The highest BCUT2D eigenvalue weighted by molar-refractivity contribution is 7.28. The summed E-state index contributed by atoms with van der Waals surface area (Å²) in [7, 11) is 0. The molecule has 0 aliphatic rings. The van der Waals surface area contributed by atoms with Gasteiger partial charge in [-0.2, -0.15) is 0 Å². The van der Waals surface area contributed by atoms with Gasteiger partial charge in [-0.25, -0.2) is 19.9 Å². The SMILES string of the molecule is c1ccc(-c2nc3c4ccccc4sc3c3ccc(-c4ccc5c(c4)c4cc(-c6ccc7c(c6)c(-c6ccccc6)nc6c8ccccc8sc76)ccc4n5-c4ccccc4)cc23)cc1.c1ccc2c(c1)sc1c3ccccc3c(-c3ccc(-n4c5ccccc5c5ccccc54)cc3)nc21.c1ccc2cc(-c3c4ccccc4c(-c4ccc(-c5nc6c7ccccc7sc6c6ccccc56)cc4)c4ccccc34)ccc2c1. The first-order chi connectivity index (χ1) is 73.4. The van der Waals surface area contributed by atoms with Crippen molar-refractivity contribution in [1.29, 1.82) is 0 Å². The van der Waals surface area contributed by atoms with Crippen LogP contribution in [0, 0.1) is 0 Å². The van der Waals surface area contributed by atoms with Gasteiger partial charge in [0, 0.05) is 139 Å². The van der Waals surface area contributed by atoms with Crippen LogP contribution in [0.3, 0.4) is 0 Å². The van der Waals surface area contributed by atoms with E-state index < -0.39 is 0 Å². The van der Waals surface area contributed by atoms with Gasteiger partial charge in [0.1, 0.15) is 0 Å². The molecule has 0 N–H and O–H groups in total. The first kappa shape index (κ1) is 85.3. The molecule has 0 saturated carbocycles. The fourth-order valence-electron chi connectivity index (χ4n) is 23.2. The average Bonchev–Trinajstić information content (AvgIpc) is 1.28. The molecule has 0 aliphatic heterocycles. The van der Waals surface area contributed by atoms with Crippen molar-refractivity contribution in [3.05, 3.63) is 497 Å². The number of rotatable bonds is 10. The van der Waals surface area contributed by atoms with Crippen LogP contribution in [0.2, 0.25) is 0 Å². The third-order valence-electron chi connectivity index (χ3n) is 30.0. The van der Waals surface area contributed by atoms with Gasteiger partial charge in [-0.05, 0) is 180 Å². The minimum atomic E-state index is 1.01. The highest BCUT2D eigenvalue weighted by Gasteiger charge is 2.26. The molecule has 0 amide bonds. The van der Waals surface area contributed by atoms with Crippen molar-refractivity contribution in [3.8, 4) is 101 Å². The zero-order valence-electron chi connectivity index (χ0n) is 79.7. The lowest BCUT2D eigenvalue weighted by Gasteiger charge is -2.18. The van der Waals surface area contributed by atoms with E-state index in [9.17, 15) is 0 Å². The summed E-state index contributed by atoms with van der Waals surface area (Å²) in [6, 6.07) is 180. The first-order valence-electron chi connectivity index (χ1n) is 50.2. The van der Waals surface area contributed by atoms with Crippen LogP contribution in [0.15, 0.2) is 497 Å². The maximum absolute atomic E-state index is 5.43. The van der Waals surface area contributed by atoms with Crippen LogP contribution in [0.5, 0.6) is 0 Å². The minimum Gasteiger partial charge on any atom is -0.309 e. The van der Waals surface area contributed by atoms with E-state index in [4.69, 9.17) is 19.9 Å². The third kappa shape index (κ3) is 13.9. The number of fused-ring (bicyclic) bond motifs is 29. The van der Waals surface area contributed by atoms with E-state index in [-0.39, 0.29) is 0 Å². The van der Waals surface area contributed by atoms with Gasteiger partial charge in [0.25, 0.3) is 0 Å². The van der Waals surface area contributed by atoms with Crippen molar-refractivity contribution in [1.82, 2.24) is 29.1 Å². The summed E-state index contributed by atoms with van der Waals surface area (Å²) in [5.41, 5.74) is 29.7. The Morgan fingerprint density at radius 1 is 0.142 bits per heavy atom. The number of thiophene rings is 4. The van der Waals surface area contributed by atoms with Gasteiger partial charge in [0.2, 0.25) is 0 Å². The topological polar surface area (TPSA) is 61.4 Å². The van der Waals surface area contributed by atoms with Crippen molar-refractivity contribution < 1.29 is 0 Å². The Kier molecular flexibility index (Phi) is 20.1. The molecule has 32 aromatic rings. The molecule has 32 rings (SSSR count). The molecule has 0 spiro atoms. The molecule has 10 aromatic heterocycles. The molecule has 10 heteroatoms. The lowest BCUT2D eigenvalue weighted by atomic mass is 9.85. The van der Waals surface area contributed by atoms with E-state index in [1.165, 1.54) is 212 Å². The van der Waals surface area contributed by atoms with E-state index >= 15 is 0 Å². The molecule has 148 heavy (non-hydrogen) atoms. The molecular weight excluding hydrogens is 1870 g/mol. The lowest BCUT2D eigenvalue weighted by molar-refractivity contribution is 1.18. The summed E-state index contributed by atoms with van der Waals surface area (Å²) in [6.07, 6.45) is 0. The van der Waals surface area contributed by atoms with E-state index in [2.05, 4.69) is 507 Å². The second-order valence-corrected chi connectivity index (χ2v) is 42.5. The highest BCUT2D eigenvalue weighted by Crippen LogP contribution is 2.52. The van der Waals surface area contributed by atoms with Crippen LogP contribution in [-0.2, 0) is 0 Å². The normalized spacial score (nSPS) is 11.9. The maximum Gasteiger partial charge on any atom is 0.0902 e. The molecule has 688 valence electrons. The Labute approximate surface area is 865 Å². The highest BCUT2D eigenvalue weighted by atomic mass is 32.1. The predicted molar refractivity (Wildman–Crippen MR) is 637 cm³/mol. The summed E-state index contributed by atoms with van der Waals surface area (Å²) in [4.78, 5) is 21.5. The van der Waals surface area contributed by atoms with Gasteiger partial charge in [0.15, 0.2) is 0 Å². The van der Waals surface area contributed by atoms with Crippen LogP contribution in [-0.4, -0.2) is 29.1 Å². The molecular formula is C138H82N6S4. The van der Waals surface area contributed by atoms with E-state index in [1.54, 1.807) is 0 Å². The summed E-state index contributed by atoms with van der Waals surface area (Å²) < 4.78 is 14.8. The fourth-order valence-corrected chi connectivity index (χ4v) is 27.9. The van der Waals surface area contributed by atoms with Gasteiger partial charge in [0.05, 0.1) is 85.7 Å². The molecule has 0 bridgehead atoms. The van der Waals surface area contributed by atoms with Crippen molar-refractivity contribution in [2.24, 2.45) is 0 Å². The Morgan fingerprint density at radius 3 is 0.804 bits per heavy atom. The molecule has 0 aliphatic carbocycles. The maximum atomic E-state index is 5.43. The summed E-state index contributed by atoms with van der Waals surface area (Å²) >= 11 is 7.33. The summed E-state index contributed by atoms with van der Waals surface area (Å²) in [6.45, 7) is 0. The molecule has 0 unspecified atom stereocenters. The Bertz CT molecular complexity index is 10700. The zero-order chi connectivity index (χ0) is 97.1. The van der Waals surface area contributed by atoms with E-state index in [0.717, 1.165) is 89.2 Å². The van der Waals surface area contributed by atoms with Crippen molar-refractivity contribution in [3.63, 3.8) is 0 Å². The van der Waals surface area contributed by atoms with Gasteiger partial charge in [-0.1, -0.05) is 394 Å². The van der Waals surface area contributed by atoms with E-state index in [1.807, 2.05) is 45.3 Å². The number of hydrogen-bond acceptors (Lipinski definition) is 8. The number of nitrogens with zero attached hydrogens (tertiary/aromatic N) is 6. The zero-order valence-corrected chi connectivity index (χ0v) is 82.9. The number of benzene rings is 22. The van der Waals surface area contributed by atoms with Crippen molar-refractivity contribution in [2.75, 3.05) is 0 Å². The molecule has 0 fully saturated rings. The molecule has 0 saturated heterocycles. The number of para-hydroxylation sites is 3. The fraction of sp³-hybridized carbons (Fsp3) is 0. The molecule has 6 nitrogen and oxygen atoms in total. The molecule has 10 heterocycles. The Balaban J connectivity index is 0.000000107. The van der Waals surface area contributed by atoms with Gasteiger partial charge < -0.3 is 9.13 Å². The van der Waals surface area contributed by atoms with Crippen molar-refractivity contribution in [2.45, 2.75) is 0 Å². The van der Waals surface area contributed by atoms with Crippen LogP contribution in [0.4, 0.5) is 0 Å². The monoisotopic (exact) mass is 1950 g/mol. The van der Waals surface area contributed by atoms with Crippen molar-refractivity contribution >= 4 is 246 Å². The van der Waals surface area contributed by atoms with Gasteiger partial charge in [-0.15, -0.1) is 45.3 Å². The predicted octanol–water partition coefficient (Wildman–Crippen LogP) is 39.7. The van der Waals surface area contributed by atoms with Crippen LogP contribution in [0.1, 0.15) is 0 Å². The standard InChI is InChI=1S/C60H35N3S2.C45H27NS.C33H20N2S/c1-4-14-36(15-5-1)55-49-34-38(24-28-43(49)59-57(61-55)45-20-10-12-22-53(45)64-59)40-26-30-51-47(32-40)48-33-41(27-31-52(48)63(51)42-18-8-3-9-19-42)39-25-29-44-50(35-39)56(37-16-6-2-7-17-37)62-58-46-21-11-13-23-54(46)65-60(44)58;1-2-12-31-27-32(26-21-28(31)11-1)42-35-15-5-3-13-33(35)41(34-14-4-6-16-36(34)42)29-22-24-30(25-23-29)43-37-17-7-8-18-38(37)45-44(46-43)39-19-9-10-20-40(39)47-45;1-2-12-26-25(11-1)31(34-32-27-13-5-8-16-30(27)36-33(26)32)21-17-19-22(20-18-21)35-28-14-6-3-9-23(28)24-10-4-7-15-29(24)35/h1-35H;1-27H;1-20H. The van der Waals surface area contributed by atoms with E-state index in [0.29, 0.717) is 0 Å². The second kappa shape index (κ2) is 34.8. The van der Waals surface area contributed by atoms with Crippen LogP contribution in [0.25, 0.3) is 301 Å². The third-order valence-corrected chi connectivity index (χ3v) is 34.8. The summed E-state index contributed by atoms with van der Waals surface area (Å²) in [5.74, 6) is 0. The molecule has 0 atom stereocenters. The average molecular weight is 1950 g/mol. The molecule has 0 radical (unpaired) electrons. The largest absolute Gasteiger partial charge is 0.309 e. The summed E-state index contributed by atoms with van der Waals surface area (Å²) in [5, 5.41) is 27.1. The lowest BCUT2D eigenvalue weighted by Crippen LogP contribution is -1.94. The van der Waals surface area contributed by atoms with Gasteiger partial charge >= 0.3 is 0 Å². The number of pyridine rings is 4. The number of aromatic nitrogens is 6. The second-order valence-electron chi connectivity index (χ2n) is 38.3. The molecule has 22 aromatic carbocycles. The number of hydrogen-bond donors (Lipinski definition) is 0. The Morgan fingerprint density at radius 2 is 0.399 bits per heavy atom. The van der Waals surface area contributed by atoms with Gasteiger partial charge in [-0.3, -0.25) is 0 Å². The van der Waals surface area contributed by atoms with Crippen LogP contribution >= 0.6 is 45.3 Å². The van der Waals surface area contributed by atoms with Crippen LogP contribution < -0.4 is 0 Å². The smallest absolute Gasteiger partial charge is 0.0902 e.